The highest BCUT2D eigenvalue weighted by Crippen LogP contribution is 1.78. The van der Waals surface area contributed by atoms with Gasteiger partial charge in [-0.05, 0) is 6.42 Å². The van der Waals surface area contributed by atoms with E-state index in [1.807, 2.05) is 6.92 Å². The van der Waals surface area contributed by atoms with Gasteiger partial charge in [0.2, 0.25) is 0 Å². The Morgan fingerprint density at radius 2 is 2.40 bits per heavy atom. The van der Waals surface area contributed by atoms with E-state index in [0.29, 0.717) is 6.54 Å². The van der Waals surface area contributed by atoms with Crippen LogP contribution in [0.3, 0.4) is 0 Å². The fourth-order valence-corrected chi connectivity index (χ4v) is 0.409. The lowest BCUT2D eigenvalue weighted by Gasteiger charge is -2.02. The molecule has 10 heavy (non-hydrogen) atoms. The molecule has 0 spiro atoms. The second kappa shape index (κ2) is 6.32. The molecule has 0 saturated heterocycles. The van der Waals surface area contributed by atoms with Crippen LogP contribution in [0.15, 0.2) is 0 Å². The monoisotopic (exact) mass is 149 g/mol. The standard InChI is InChI=1S/C6H12FNO2/c1-2-4-8-6(9)10-5-3-7/h2-5H2,1H3,(H,8,9). The molecule has 0 aromatic carbocycles. The average Bonchev–Trinajstić information content (AvgIpc) is 1.97. The molecule has 1 N–H and O–H groups in total. The number of carbonyl (C=O) groups is 1. The van der Waals surface area contributed by atoms with Crippen LogP contribution in [0.2, 0.25) is 0 Å². The van der Waals surface area contributed by atoms with Gasteiger partial charge < -0.3 is 10.1 Å². The summed E-state index contributed by atoms with van der Waals surface area (Å²) >= 11 is 0. The van der Waals surface area contributed by atoms with Gasteiger partial charge in [0.05, 0.1) is 0 Å². The summed E-state index contributed by atoms with van der Waals surface area (Å²) in [6, 6.07) is 0. The number of hydrogen-bond donors (Lipinski definition) is 1. The van der Waals surface area contributed by atoms with Crippen LogP contribution in [0.25, 0.3) is 0 Å². The van der Waals surface area contributed by atoms with Gasteiger partial charge in [0.25, 0.3) is 0 Å². The zero-order chi connectivity index (χ0) is 7.82. The minimum absolute atomic E-state index is 0.157. The predicted molar refractivity (Wildman–Crippen MR) is 35.6 cm³/mol. The molecular weight excluding hydrogens is 137 g/mol. The third-order valence-electron chi connectivity index (χ3n) is 0.830. The number of carbonyl (C=O) groups excluding carboxylic acids is 1. The average molecular weight is 149 g/mol. The van der Waals surface area contributed by atoms with Crippen molar-refractivity contribution >= 4 is 6.09 Å². The van der Waals surface area contributed by atoms with Crippen LogP contribution in [-0.4, -0.2) is 25.9 Å². The maximum Gasteiger partial charge on any atom is 0.407 e. The van der Waals surface area contributed by atoms with E-state index in [1.165, 1.54) is 0 Å². The lowest BCUT2D eigenvalue weighted by molar-refractivity contribution is 0.137. The SMILES string of the molecule is CCCNC(=O)OCCF. The summed E-state index contributed by atoms with van der Waals surface area (Å²) in [6.45, 7) is 1.72. The van der Waals surface area contributed by atoms with Crippen molar-refractivity contribution in [2.75, 3.05) is 19.8 Å². The molecule has 0 fully saturated rings. The van der Waals surface area contributed by atoms with Gasteiger partial charge in [0, 0.05) is 6.54 Å². The number of alkyl halides is 1. The smallest absolute Gasteiger partial charge is 0.407 e. The first-order chi connectivity index (χ1) is 4.81. The van der Waals surface area contributed by atoms with E-state index >= 15 is 0 Å². The second-order valence-electron chi connectivity index (χ2n) is 1.75. The quantitative estimate of drug-likeness (QED) is 0.649. The molecule has 1 amide bonds. The number of halogens is 1. The van der Waals surface area contributed by atoms with Gasteiger partial charge >= 0.3 is 6.09 Å². The van der Waals surface area contributed by atoms with Crippen LogP contribution in [-0.2, 0) is 4.74 Å². The lowest BCUT2D eigenvalue weighted by Crippen LogP contribution is -2.25. The molecule has 0 heterocycles. The number of rotatable bonds is 4. The summed E-state index contributed by atoms with van der Waals surface area (Å²) in [5.74, 6) is 0. The molecule has 0 bridgehead atoms. The van der Waals surface area contributed by atoms with Gasteiger partial charge in [0.1, 0.15) is 13.3 Å². The van der Waals surface area contributed by atoms with Gasteiger partial charge in [-0.15, -0.1) is 0 Å². The van der Waals surface area contributed by atoms with Crippen molar-refractivity contribution in [2.45, 2.75) is 13.3 Å². The van der Waals surface area contributed by atoms with Crippen LogP contribution in [0.1, 0.15) is 13.3 Å². The first-order valence-corrected chi connectivity index (χ1v) is 3.27. The Balaban J connectivity index is 3.09. The molecule has 0 aliphatic rings. The van der Waals surface area contributed by atoms with Crippen molar-refractivity contribution in [3.05, 3.63) is 0 Å². The molecule has 4 heteroatoms. The van der Waals surface area contributed by atoms with Crippen LogP contribution < -0.4 is 5.32 Å². The van der Waals surface area contributed by atoms with Gasteiger partial charge in [-0.3, -0.25) is 0 Å². The topological polar surface area (TPSA) is 38.3 Å². The number of ether oxygens (including phenoxy) is 1. The molecule has 0 aliphatic heterocycles. The van der Waals surface area contributed by atoms with E-state index in [9.17, 15) is 9.18 Å². The molecule has 0 aromatic heterocycles. The molecule has 0 aliphatic carbocycles. The minimum Gasteiger partial charge on any atom is -0.447 e. The van der Waals surface area contributed by atoms with Crippen LogP contribution >= 0.6 is 0 Å². The Bertz CT molecular complexity index is 87.7. The molecular formula is C6H12FNO2. The van der Waals surface area contributed by atoms with Gasteiger partial charge in [-0.1, -0.05) is 6.92 Å². The van der Waals surface area contributed by atoms with Gasteiger partial charge in [0.15, 0.2) is 0 Å². The highest BCUT2D eigenvalue weighted by atomic mass is 19.1. The maximum atomic E-state index is 11.4. The van der Waals surface area contributed by atoms with Crippen molar-refractivity contribution in [1.82, 2.24) is 5.32 Å². The normalized spacial score (nSPS) is 9.00. The number of nitrogens with one attached hydrogen (secondary N) is 1. The van der Waals surface area contributed by atoms with Crippen molar-refractivity contribution in [1.29, 1.82) is 0 Å². The number of hydrogen-bond acceptors (Lipinski definition) is 2. The van der Waals surface area contributed by atoms with E-state index in [1.54, 1.807) is 0 Å². The fourth-order valence-electron chi connectivity index (χ4n) is 0.409. The molecule has 0 unspecified atom stereocenters. The maximum absolute atomic E-state index is 11.4. The van der Waals surface area contributed by atoms with Gasteiger partial charge in [-0.2, -0.15) is 0 Å². The first kappa shape index (κ1) is 9.20. The number of amides is 1. The Kier molecular flexibility index (Phi) is 5.82. The summed E-state index contributed by atoms with van der Waals surface area (Å²) in [7, 11) is 0. The van der Waals surface area contributed by atoms with Crippen LogP contribution in [0.5, 0.6) is 0 Å². The number of alkyl carbamates (subject to hydrolysis) is 1. The third-order valence-corrected chi connectivity index (χ3v) is 0.830. The van der Waals surface area contributed by atoms with E-state index in [4.69, 9.17) is 0 Å². The summed E-state index contributed by atoms with van der Waals surface area (Å²) in [5, 5.41) is 2.44. The summed E-state index contributed by atoms with van der Waals surface area (Å²) in [4.78, 5) is 10.5. The van der Waals surface area contributed by atoms with Crippen molar-refractivity contribution in [3.63, 3.8) is 0 Å². The Morgan fingerprint density at radius 1 is 1.70 bits per heavy atom. The summed E-state index contributed by atoms with van der Waals surface area (Å²) in [6.07, 6.45) is 0.310. The highest BCUT2D eigenvalue weighted by Gasteiger charge is 1.97. The highest BCUT2D eigenvalue weighted by molar-refractivity contribution is 5.66. The van der Waals surface area contributed by atoms with Crippen molar-refractivity contribution in [2.24, 2.45) is 0 Å². The minimum atomic E-state index is -0.625. The molecule has 0 aromatic rings. The molecule has 0 saturated carbocycles. The zero-order valence-corrected chi connectivity index (χ0v) is 6.02. The lowest BCUT2D eigenvalue weighted by atomic mass is 10.5. The summed E-state index contributed by atoms with van der Waals surface area (Å²) < 4.78 is 15.7. The fraction of sp³-hybridized carbons (Fsp3) is 0.833. The Morgan fingerprint density at radius 3 is 2.90 bits per heavy atom. The molecule has 3 nitrogen and oxygen atoms in total. The van der Waals surface area contributed by atoms with Crippen LogP contribution in [0.4, 0.5) is 9.18 Å². The van der Waals surface area contributed by atoms with Crippen LogP contribution in [0, 0.1) is 0 Å². The molecule has 60 valence electrons. The zero-order valence-electron chi connectivity index (χ0n) is 6.02. The second-order valence-corrected chi connectivity index (χ2v) is 1.75. The van der Waals surface area contributed by atoms with Crippen molar-refractivity contribution < 1.29 is 13.9 Å². The largest absolute Gasteiger partial charge is 0.447 e. The molecule has 0 radical (unpaired) electrons. The van der Waals surface area contributed by atoms with Gasteiger partial charge in [-0.25, -0.2) is 9.18 Å². The first-order valence-electron chi connectivity index (χ1n) is 3.27. The summed E-state index contributed by atoms with van der Waals surface area (Å²) in [5.41, 5.74) is 0. The molecule has 0 rings (SSSR count). The van der Waals surface area contributed by atoms with E-state index < -0.39 is 12.8 Å². The Hall–Kier alpha value is -0.800. The predicted octanol–water partition coefficient (Wildman–Crippen LogP) is 1.09. The van der Waals surface area contributed by atoms with Crippen molar-refractivity contribution in [3.8, 4) is 0 Å². The third kappa shape index (κ3) is 5.34. The molecule has 0 atom stereocenters. The van der Waals surface area contributed by atoms with E-state index in [0.717, 1.165) is 6.42 Å². The Labute approximate surface area is 59.6 Å². The van der Waals surface area contributed by atoms with E-state index in [2.05, 4.69) is 10.1 Å². The van der Waals surface area contributed by atoms with E-state index in [-0.39, 0.29) is 6.61 Å².